The maximum Gasteiger partial charge on any atom is 0.244 e. The van der Waals surface area contributed by atoms with E-state index in [4.69, 9.17) is 9.47 Å². The van der Waals surface area contributed by atoms with Crippen LogP contribution in [0.25, 0.3) is 5.57 Å². The first-order valence-electron chi connectivity index (χ1n) is 8.00. The van der Waals surface area contributed by atoms with Gasteiger partial charge in [-0.15, -0.1) is 0 Å². The lowest BCUT2D eigenvalue weighted by atomic mass is 10.1. The summed E-state index contributed by atoms with van der Waals surface area (Å²) in [5.41, 5.74) is 2.70. The van der Waals surface area contributed by atoms with Crippen LogP contribution in [0.15, 0.2) is 48.5 Å². The van der Waals surface area contributed by atoms with E-state index >= 15 is 0 Å². The Bertz CT molecular complexity index is 751. The largest absolute Gasteiger partial charge is 0.508 e. The standard InChI is InChI=1S/C20H23NO4/c1-14(18-9-8-17(24-2)13-19(18)25-3)12-20(23)21-11-10-15-4-6-16(22)7-5-15/h4-9,12-13,22H,10-11H2,1-3H3,(H,21,23)/b14-12+. The van der Waals surface area contributed by atoms with Crippen LogP contribution in [-0.4, -0.2) is 31.8 Å². The third-order valence-corrected chi connectivity index (χ3v) is 3.83. The van der Waals surface area contributed by atoms with Crippen molar-refractivity contribution in [3.8, 4) is 17.2 Å². The number of rotatable bonds is 7. The molecule has 2 aromatic carbocycles. The van der Waals surface area contributed by atoms with E-state index in [1.165, 1.54) is 0 Å². The summed E-state index contributed by atoms with van der Waals surface area (Å²) in [4.78, 5) is 12.1. The number of aromatic hydroxyl groups is 1. The van der Waals surface area contributed by atoms with Gasteiger partial charge in [-0.1, -0.05) is 12.1 Å². The van der Waals surface area contributed by atoms with Gasteiger partial charge < -0.3 is 19.9 Å². The fraction of sp³-hybridized carbons (Fsp3) is 0.250. The number of nitrogens with one attached hydrogen (secondary N) is 1. The zero-order valence-corrected chi connectivity index (χ0v) is 14.7. The van der Waals surface area contributed by atoms with Crippen molar-refractivity contribution < 1.29 is 19.4 Å². The molecule has 0 spiro atoms. The highest BCUT2D eigenvalue weighted by molar-refractivity contribution is 5.95. The lowest BCUT2D eigenvalue weighted by Crippen LogP contribution is -2.23. The molecule has 2 rings (SSSR count). The zero-order chi connectivity index (χ0) is 18.2. The Hall–Kier alpha value is -2.95. The van der Waals surface area contributed by atoms with Crippen LogP contribution in [0.1, 0.15) is 18.1 Å². The Kier molecular flexibility index (Phi) is 6.46. The minimum Gasteiger partial charge on any atom is -0.508 e. The van der Waals surface area contributed by atoms with Crippen LogP contribution >= 0.6 is 0 Å². The smallest absolute Gasteiger partial charge is 0.244 e. The minimum atomic E-state index is -0.158. The molecule has 0 bridgehead atoms. The molecule has 0 heterocycles. The molecule has 0 aromatic heterocycles. The average Bonchev–Trinajstić information content (AvgIpc) is 2.62. The lowest BCUT2D eigenvalue weighted by Gasteiger charge is -2.11. The second kappa shape index (κ2) is 8.78. The molecule has 132 valence electrons. The Morgan fingerprint density at radius 2 is 1.84 bits per heavy atom. The number of methoxy groups -OCH3 is 2. The molecular weight excluding hydrogens is 318 g/mol. The number of hydrogen-bond acceptors (Lipinski definition) is 4. The Morgan fingerprint density at radius 3 is 2.48 bits per heavy atom. The summed E-state index contributed by atoms with van der Waals surface area (Å²) in [6.45, 7) is 2.39. The summed E-state index contributed by atoms with van der Waals surface area (Å²) in [7, 11) is 3.18. The maximum absolute atomic E-state index is 12.1. The molecule has 0 aliphatic rings. The molecule has 2 aromatic rings. The van der Waals surface area contributed by atoms with Gasteiger partial charge in [0.15, 0.2) is 0 Å². The van der Waals surface area contributed by atoms with Gasteiger partial charge in [0.2, 0.25) is 5.91 Å². The van der Waals surface area contributed by atoms with Crippen LogP contribution in [0.3, 0.4) is 0 Å². The highest BCUT2D eigenvalue weighted by Crippen LogP contribution is 2.29. The Labute approximate surface area is 147 Å². The quantitative estimate of drug-likeness (QED) is 0.759. The van der Waals surface area contributed by atoms with Gasteiger partial charge in [0.05, 0.1) is 14.2 Å². The fourth-order valence-electron chi connectivity index (χ4n) is 2.44. The average molecular weight is 341 g/mol. The predicted octanol–water partition coefficient (Wildman–Crippen LogP) is 3.17. The number of hydrogen-bond donors (Lipinski definition) is 2. The van der Waals surface area contributed by atoms with E-state index < -0.39 is 0 Å². The van der Waals surface area contributed by atoms with E-state index in [2.05, 4.69) is 5.32 Å². The molecule has 0 saturated heterocycles. The molecule has 25 heavy (non-hydrogen) atoms. The van der Waals surface area contributed by atoms with Crippen LogP contribution in [0.5, 0.6) is 17.2 Å². The summed E-state index contributed by atoms with van der Waals surface area (Å²) in [5.74, 6) is 1.44. The van der Waals surface area contributed by atoms with Crippen LogP contribution in [0, 0.1) is 0 Å². The van der Waals surface area contributed by atoms with Crippen molar-refractivity contribution in [1.82, 2.24) is 5.32 Å². The normalized spacial score (nSPS) is 11.1. The van der Waals surface area contributed by atoms with Crippen molar-refractivity contribution in [2.45, 2.75) is 13.3 Å². The summed E-state index contributed by atoms with van der Waals surface area (Å²) in [5, 5.41) is 12.1. The van der Waals surface area contributed by atoms with Gasteiger partial charge in [-0.3, -0.25) is 4.79 Å². The number of carbonyl (C=O) groups is 1. The number of phenolic OH excluding ortho intramolecular Hbond substituents is 1. The van der Waals surface area contributed by atoms with E-state index in [0.717, 1.165) is 16.7 Å². The van der Waals surface area contributed by atoms with Gasteiger partial charge in [0.1, 0.15) is 17.2 Å². The third kappa shape index (κ3) is 5.28. The van der Waals surface area contributed by atoms with Crippen LogP contribution in [-0.2, 0) is 11.2 Å². The van der Waals surface area contributed by atoms with Crippen molar-refractivity contribution >= 4 is 11.5 Å². The van der Waals surface area contributed by atoms with Crippen LogP contribution in [0.4, 0.5) is 0 Å². The second-order valence-corrected chi connectivity index (χ2v) is 5.60. The van der Waals surface area contributed by atoms with Gasteiger partial charge >= 0.3 is 0 Å². The number of allylic oxidation sites excluding steroid dienone is 1. The number of amides is 1. The summed E-state index contributed by atoms with van der Waals surface area (Å²) >= 11 is 0. The van der Waals surface area contributed by atoms with Crippen molar-refractivity contribution in [3.63, 3.8) is 0 Å². The Morgan fingerprint density at radius 1 is 1.12 bits per heavy atom. The summed E-state index contributed by atoms with van der Waals surface area (Å²) in [6, 6.07) is 12.4. The van der Waals surface area contributed by atoms with Crippen molar-refractivity contribution in [2.24, 2.45) is 0 Å². The summed E-state index contributed by atoms with van der Waals surface area (Å²) in [6.07, 6.45) is 2.26. The zero-order valence-electron chi connectivity index (χ0n) is 14.7. The van der Waals surface area contributed by atoms with Gasteiger partial charge in [0, 0.05) is 24.3 Å². The lowest BCUT2D eigenvalue weighted by molar-refractivity contribution is -0.116. The van der Waals surface area contributed by atoms with Gasteiger partial charge in [-0.25, -0.2) is 0 Å². The Balaban J connectivity index is 1.96. The van der Waals surface area contributed by atoms with Gasteiger partial charge in [-0.05, 0) is 48.7 Å². The van der Waals surface area contributed by atoms with Gasteiger partial charge in [0.25, 0.3) is 0 Å². The molecule has 0 radical (unpaired) electrons. The molecule has 2 N–H and O–H groups in total. The van der Waals surface area contributed by atoms with Crippen molar-refractivity contribution in [3.05, 3.63) is 59.7 Å². The molecular formula is C20H23NO4. The van der Waals surface area contributed by atoms with E-state index in [-0.39, 0.29) is 11.7 Å². The van der Waals surface area contributed by atoms with Crippen LogP contribution < -0.4 is 14.8 Å². The number of ether oxygens (including phenoxy) is 2. The third-order valence-electron chi connectivity index (χ3n) is 3.83. The maximum atomic E-state index is 12.1. The molecule has 5 heteroatoms. The molecule has 1 amide bonds. The highest BCUT2D eigenvalue weighted by Gasteiger charge is 2.08. The van der Waals surface area contributed by atoms with E-state index in [9.17, 15) is 9.90 Å². The molecule has 0 unspecified atom stereocenters. The molecule has 0 fully saturated rings. The monoisotopic (exact) mass is 341 g/mol. The molecule has 0 aliphatic carbocycles. The first kappa shape index (κ1) is 18.4. The highest BCUT2D eigenvalue weighted by atomic mass is 16.5. The summed E-state index contributed by atoms with van der Waals surface area (Å²) < 4.78 is 10.5. The van der Waals surface area contributed by atoms with Crippen molar-refractivity contribution in [2.75, 3.05) is 20.8 Å². The predicted molar refractivity (Wildman–Crippen MR) is 98.0 cm³/mol. The molecule has 0 aliphatic heterocycles. The topological polar surface area (TPSA) is 67.8 Å². The number of carbonyl (C=O) groups excluding carboxylic acids is 1. The molecule has 0 saturated carbocycles. The second-order valence-electron chi connectivity index (χ2n) is 5.60. The van der Waals surface area contributed by atoms with Crippen molar-refractivity contribution in [1.29, 1.82) is 0 Å². The van der Waals surface area contributed by atoms with Crippen LogP contribution in [0.2, 0.25) is 0 Å². The number of phenols is 1. The SMILES string of the molecule is COc1ccc(/C(C)=C/C(=O)NCCc2ccc(O)cc2)c(OC)c1. The minimum absolute atomic E-state index is 0.158. The molecule has 0 atom stereocenters. The van der Waals surface area contributed by atoms with Gasteiger partial charge in [-0.2, -0.15) is 0 Å². The fourth-order valence-corrected chi connectivity index (χ4v) is 2.44. The first-order valence-corrected chi connectivity index (χ1v) is 8.00. The first-order chi connectivity index (χ1) is 12.0. The van der Waals surface area contributed by atoms with E-state index in [1.807, 2.05) is 31.2 Å². The molecule has 5 nitrogen and oxygen atoms in total. The van der Waals surface area contributed by atoms with E-state index in [0.29, 0.717) is 24.5 Å². The van der Waals surface area contributed by atoms with E-state index in [1.54, 1.807) is 38.5 Å². The number of benzene rings is 2.